The van der Waals surface area contributed by atoms with E-state index in [2.05, 4.69) is 12.0 Å². The van der Waals surface area contributed by atoms with Crippen LogP contribution in [0.25, 0.3) is 0 Å². The van der Waals surface area contributed by atoms with E-state index in [-0.39, 0.29) is 0 Å². The van der Waals surface area contributed by atoms with Gasteiger partial charge in [0.2, 0.25) is 0 Å². The molecule has 0 saturated heterocycles. The van der Waals surface area contributed by atoms with Crippen molar-refractivity contribution in [3.63, 3.8) is 0 Å². The van der Waals surface area contributed by atoms with Gasteiger partial charge in [-0.1, -0.05) is 37.6 Å². The number of carbonyl (C=O) groups is 1. The maximum Gasteiger partial charge on any atom is 0.151 e. The van der Waals surface area contributed by atoms with E-state index in [1.54, 1.807) is 6.07 Å². The minimum absolute atomic E-state index is 0.309. The summed E-state index contributed by atoms with van der Waals surface area (Å²) in [4.78, 5) is 10.7. The highest BCUT2D eigenvalue weighted by Crippen LogP contribution is 2.42. The molecular formula is C22H31ClN2O2. The number of halogens is 1. The Bertz CT molecular complexity index is 766. The summed E-state index contributed by atoms with van der Waals surface area (Å²) in [6.07, 6.45) is 6.43. The smallest absolute Gasteiger partial charge is 0.151 e. The molecule has 2 aliphatic rings. The molecule has 2 aliphatic carbocycles. The van der Waals surface area contributed by atoms with Crippen molar-refractivity contribution in [3.8, 4) is 0 Å². The number of aliphatic hydroxyl groups excluding tert-OH is 1. The van der Waals surface area contributed by atoms with Gasteiger partial charge in [-0.3, -0.25) is 9.48 Å². The molecule has 5 heteroatoms. The van der Waals surface area contributed by atoms with Gasteiger partial charge in [-0.05, 0) is 68.1 Å². The molecular weight excluding hydrogens is 360 g/mol. The van der Waals surface area contributed by atoms with Crippen molar-refractivity contribution in [2.24, 2.45) is 13.0 Å². The van der Waals surface area contributed by atoms with Gasteiger partial charge < -0.3 is 5.11 Å². The third-order valence-corrected chi connectivity index (χ3v) is 5.57. The molecule has 1 saturated carbocycles. The molecule has 1 fully saturated rings. The third-order valence-electron chi connectivity index (χ3n) is 5.24. The van der Waals surface area contributed by atoms with E-state index in [1.165, 1.54) is 24.1 Å². The summed E-state index contributed by atoms with van der Waals surface area (Å²) in [5.41, 5.74) is 5.70. The molecule has 0 radical (unpaired) electrons. The number of hydrogen-bond acceptors (Lipinski definition) is 3. The lowest BCUT2D eigenvalue weighted by Crippen LogP contribution is -2.19. The van der Waals surface area contributed by atoms with Crippen LogP contribution in [0.5, 0.6) is 0 Å². The van der Waals surface area contributed by atoms with Crippen molar-refractivity contribution >= 4 is 17.9 Å². The van der Waals surface area contributed by atoms with Crippen LogP contribution in [0.2, 0.25) is 5.02 Å². The molecule has 1 aromatic carbocycles. The summed E-state index contributed by atoms with van der Waals surface area (Å²) in [5.74, 6) is 1.03. The van der Waals surface area contributed by atoms with E-state index >= 15 is 0 Å². The van der Waals surface area contributed by atoms with E-state index in [0.29, 0.717) is 29.0 Å². The molecule has 1 N–H and O–H groups in total. The number of aryl methyl sites for hydroxylation is 2. The zero-order chi connectivity index (χ0) is 20.0. The fraction of sp³-hybridized carbons (Fsp3) is 0.545. The molecule has 27 heavy (non-hydrogen) atoms. The van der Waals surface area contributed by atoms with Crippen molar-refractivity contribution in [3.05, 3.63) is 51.3 Å². The highest BCUT2D eigenvalue weighted by molar-refractivity contribution is 6.33. The van der Waals surface area contributed by atoms with Crippen LogP contribution in [0.4, 0.5) is 0 Å². The van der Waals surface area contributed by atoms with E-state index < -0.39 is 0 Å². The van der Waals surface area contributed by atoms with Crippen LogP contribution in [0.3, 0.4) is 0 Å². The lowest BCUT2D eigenvalue weighted by molar-refractivity contribution is 0.112. The Morgan fingerprint density at radius 3 is 2.59 bits per heavy atom. The minimum atomic E-state index is 0.309. The van der Waals surface area contributed by atoms with Crippen LogP contribution in [0.15, 0.2) is 18.2 Å². The first kappa shape index (κ1) is 21.6. The highest BCUT2D eigenvalue weighted by atomic mass is 35.5. The van der Waals surface area contributed by atoms with Gasteiger partial charge in [-0.25, -0.2) is 0 Å². The van der Waals surface area contributed by atoms with Gasteiger partial charge in [-0.2, -0.15) is 5.10 Å². The summed E-state index contributed by atoms with van der Waals surface area (Å²) >= 11 is 5.87. The number of hydrogen-bond donors (Lipinski definition) is 1. The average Bonchev–Trinajstić information content (AvgIpc) is 3.50. The van der Waals surface area contributed by atoms with Crippen molar-refractivity contribution in [2.75, 3.05) is 6.61 Å². The molecule has 1 aromatic heterocycles. The maximum atomic E-state index is 10.7. The largest absolute Gasteiger partial charge is 0.396 e. The first-order chi connectivity index (χ1) is 13.0. The van der Waals surface area contributed by atoms with Crippen LogP contribution < -0.4 is 0 Å². The van der Waals surface area contributed by atoms with Gasteiger partial charge in [0.25, 0.3) is 0 Å². The fourth-order valence-electron chi connectivity index (χ4n) is 3.64. The van der Waals surface area contributed by atoms with E-state index in [1.807, 2.05) is 37.7 Å². The molecule has 1 atom stereocenters. The van der Waals surface area contributed by atoms with Gasteiger partial charge in [0.1, 0.15) is 0 Å². The van der Waals surface area contributed by atoms with Crippen molar-refractivity contribution in [1.82, 2.24) is 9.78 Å². The normalized spacial score (nSPS) is 17.8. The Balaban J connectivity index is 0.000000178. The molecule has 148 valence electrons. The molecule has 0 bridgehead atoms. The minimum Gasteiger partial charge on any atom is -0.396 e. The third kappa shape index (κ3) is 5.20. The molecule has 0 amide bonds. The average molecular weight is 391 g/mol. The molecule has 4 rings (SSSR count). The van der Waals surface area contributed by atoms with Crippen LogP contribution in [0, 0.1) is 12.8 Å². The van der Waals surface area contributed by atoms with Gasteiger partial charge in [0, 0.05) is 24.9 Å². The van der Waals surface area contributed by atoms with Crippen molar-refractivity contribution < 1.29 is 9.90 Å². The molecule has 4 nitrogen and oxygen atoms in total. The predicted molar refractivity (Wildman–Crippen MR) is 111 cm³/mol. The summed E-state index contributed by atoms with van der Waals surface area (Å²) < 4.78 is 1.96. The van der Waals surface area contributed by atoms with Crippen LogP contribution in [0.1, 0.15) is 71.9 Å². The monoisotopic (exact) mass is 390 g/mol. The second kappa shape index (κ2) is 10.0. The molecule has 1 heterocycles. The number of aliphatic hydroxyl groups is 1. The summed E-state index contributed by atoms with van der Waals surface area (Å²) in [5, 5.41) is 14.1. The summed E-state index contributed by atoms with van der Waals surface area (Å²) in [6, 6.07) is 5.66. The van der Waals surface area contributed by atoms with Crippen LogP contribution in [-0.4, -0.2) is 27.8 Å². The second-order valence-corrected chi connectivity index (χ2v) is 7.47. The number of aromatic nitrogens is 2. The Morgan fingerprint density at radius 1 is 1.30 bits per heavy atom. The van der Waals surface area contributed by atoms with E-state index in [9.17, 15) is 4.79 Å². The van der Waals surface area contributed by atoms with E-state index in [0.717, 1.165) is 36.8 Å². The van der Waals surface area contributed by atoms with Gasteiger partial charge in [0.05, 0.1) is 10.7 Å². The van der Waals surface area contributed by atoms with Crippen LogP contribution >= 0.6 is 11.6 Å². The lowest BCUT2D eigenvalue weighted by atomic mass is 9.87. The van der Waals surface area contributed by atoms with Gasteiger partial charge in [0.15, 0.2) is 6.29 Å². The van der Waals surface area contributed by atoms with E-state index in [4.69, 9.17) is 16.7 Å². The Kier molecular flexibility index (Phi) is 8.06. The first-order valence-corrected chi connectivity index (χ1v) is 10.3. The second-order valence-electron chi connectivity index (χ2n) is 7.06. The lowest BCUT2D eigenvalue weighted by Gasteiger charge is -2.20. The number of rotatable bonds is 3. The topological polar surface area (TPSA) is 55.1 Å². The summed E-state index contributed by atoms with van der Waals surface area (Å²) in [6.45, 7) is 6.38. The zero-order valence-corrected chi connectivity index (χ0v) is 17.6. The SMILES string of the molecule is CC.Cc1nn(C)c2c1CCC(CO)C2.O=Cc1c(Cl)cccc1C1CC1. The Labute approximate surface area is 167 Å². The standard InChI is InChI=1S/C10H9ClO.C10H16N2O.C2H6/c11-10-3-1-2-8(7-4-5-7)9(10)6-12;1-7-9-4-3-8(6-13)5-10(9)12(2)11-7;1-2/h1-3,6-7H,4-5H2;8,13H,3-6H2,1-2H3;1-2H3. The number of carbonyl (C=O) groups excluding carboxylic acids is 1. The zero-order valence-electron chi connectivity index (χ0n) is 16.8. The Morgan fingerprint density at radius 2 is 2.00 bits per heavy atom. The van der Waals surface area contributed by atoms with Gasteiger partial charge >= 0.3 is 0 Å². The highest BCUT2D eigenvalue weighted by Gasteiger charge is 2.26. The van der Waals surface area contributed by atoms with Crippen molar-refractivity contribution in [2.45, 2.75) is 58.8 Å². The fourth-order valence-corrected chi connectivity index (χ4v) is 3.86. The van der Waals surface area contributed by atoms with Gasteiger partial charge in [-0.15, -0.1) is 0 Å². The number of fused-ring (bicyclic) bond motifs is 1. The maximum absolute atomic E-state index is 10.7. The molecule has 0 spiro atoms. The Hall–Kier alpha value is -1.65. The van der Waals surface area contributed by atoms with Crippen molar-refractivity contribution in [1.29, 1.82) is 0 Å². The van der Waals surface area contributed by atoms with Crippen LogP contribution in [-0.2, 0) is 19.9 Å². The first-order valence-electron chi connectivity index (χ1n) is 9.91. The number of nitrogens with zero attached hydrogens (tertiary/aromatic N) is 2. The number of aldehydes is 1. The quantitative estimate of drug-likeness (QED) is 0.759. The summed E-state index contributed by atoms with van der Waals surface area (Å²) in [7, 11) is 1.99. The predicted octanol–water partition coefficient (Wildman–Crippen LogP) is 4.88. The molecule has 0 aliphatic heterocycles. The number of benzene rings is 1. The molecule has 2 aromatic rings. The molecule has 1 unspecified atom stereocenters.